The summed E-state index contributed by atoms with van der Waals surface area (Å²) in [6, 6.07) is 5.11. The zero-order chi connectivity index (χ0) is 23.2. The Hall–Kier alpha value is -2.18. The molecule has 0 aromatic carbocycles. The molecule has 4 aliphatic rings. The Morgan fingerprint density at radius 1 is 1.09 bits per heavy atom. The smallest absolute Gasteiger partial charge is 0.129 e. The van der Waals surface area contributed by atoms with Gasteiger partial charge in [-0.1, -0.05) is 26.0 Å². The van der Waals surface area contributed by atoms with Crippen LogP contribution in [0.1, 0.15) is 63.3 Å². The van der Waals surface area contributed by atoms with Gasteiger partial charge in [0.1, 0.15) is 11.7 Å². The summed E-state index contributed by atoms with van der Waals surface area (Å²) >= 11 is 0. The number of pyridine rings is 1. The minimum absolute atomic E-state index is 0.129. The number of hydrogen-bond donors (Lipinski definition) is 0. The zero-order valence-electron chi connectivity index (χ0n) is 21.0. The molecule has 0 N–H and O–H groups in total. The monoisotopic (exact) mass is 448 g/mol. The molecule has 0 aliphatic carbocycles. The molecule has 1 aromatic heterocycles. The van der Waals surface area contributed by atoms with Crippen molar-refractivity contribution in [3.63, 3.8) is 0 Å². The number of fused-ring (bicyclic) bond motifs is 1. The van der Waals surface area contributed by atoms with Gasteiger partial charge in [0.25, 0.3) is 0 Å². The zero-order valence-corrected chi connectivity index (χ0v) is 21.0. The lowest BCUT2D eigenvalue weighted by atomic mass is 9.81. The first-order chi connectivity index (χ1) is 15.9. The molecule has 2 saturated heterocycles. The van der Waals surface area contributed by atoms with Gasteiger partial charge in [-0.15, -0.1) is 0 Å². The van der Waals surface area contributed by atoms with Gasteiger partial charge in [0.2, 0.25) is 0 Å². The highest BCUT2D eigenvalue weighted by Crippen LogP contribution is 2.42. The number of likely N-dealkylation sites (N-methyl/N-ethyl adjacent to an activating group) is 2. The van der Waals surface area contributed by atoms with E-state index in [1.54, 1.807) is 0 Å². The molecule has 3 atom stereocenters. The van der Waals surface area contributed by atoms with Crippen molar-refractivity contribution in [3.8, 4) is 0 Å². The number of amidine groups is 1. The SMILES string of the molecule is CC(C)c1cccnc1[C@@H]1CCC[C@H](C2(C)CN3C(N4CCN(C)CC4)=CC=CC3=N2)N1C. The van der Waals surface area contributed by atoms with Crippen molar-refractivity contribution in [2.24, 2.45) is 4.99 Å². The Morgan fingerprint density at radius 2 is 1.88 bits per heavy atom. The van der Waals surface area contributed by atoms with E-state index in [4.69, 9.17) is 9.98 Å². The number of piperazine rings is 1. The van der Waals surface area contributed by atoms with Crippen LogP contribution in [0.5, 0.6) is 0 Å². The van der Waals surface area contributed by atoms with Crippen LogP contribution in [0.4, 0.5) is 0 Å². The van der Waals surface area contributed by atoms with Crippen LogP contribution < -0.4 is 0 Å². The van der Waals surface area contributed by atoms with Crippen LogP contribution in [-0.2, 0) is 0 Å². The van der Waals surface area contributed by atoms with Crippen molar-refractivity contribution in [3.05, 3.63) is 53.6 Å². The van der Waals surface area contributed by atoms with Crippen molar-refractivity contribution < 1.29 is 0 Å². The second-order valence-electron chi connectivity index (χ2n) is 10.8. The Bertz CT molecular complexity index is 957. The lowest BCUT2D eigenvalue weighted by Crippen LogP contribution is -2.55. The van der Waals surface area contributed by atoms with Gasteiger partial charge in [-0.05, 0) is 70.0 Å². The lowest BCUT2D eigenvalue weighted by molar-refractivity contribution is 0.0589. The topological polar surface area (TPSA) is 38.2 Å². The predicted octanol–water partition coefficient (Wildman–Crippen LogP) is 3.86. The maximum Gasteiger partial charge on any atom is 0.129 e. The Balaban J connectivity index is 1.38. The fourth-order valence-corrected chi connectivity index (χ4v) is 6.29. The largest absolute Gasteiger partial charge is 0.355 e. The third-order valence-electron chi connectivity index (χ3n) is 8.18. The summed E-state index contributed by atoms with van der Waals surface area (Å²) < 4.78 is 0. The summed E-state index contributed by atoms with van der Waals surface area (Å²) in [6.07, 6.45) is 12.2. The normalized spacial score (nSPS) is 31.1. The second kappa shape index (κ2) is 8.88. The molecule has 5 rings (SSSR count). The first kappa shape index (κ1) is 22.6. The van der Waals surface area contributed by atoms with Crippen molar-refractivity contribution in [2.75, 3.05) is 46.8 Å². The number of aliphatic imine (C=N–C) groups is 1. The molecule has 0 radical (unpaired) electrons. The van der Waals surface area contributed by atoms with Gasteiger partial charge >= 0.3 is 0 Å². The first-order valence-electron chi connectivity index (χ1n) is 12.7. The molecule has 178 valence electrons. The van der Waals surface area contributed by atoms with Crippen LogP contribution in [-0.4, -0.2) is 88.8 Å². The van der Waals surface area contributed by atoms with Crippen molar-refractivity contribution in [1.29, 1.82) is 0 Å². The molecule has 6 heteroatoms. The molecule has 0 spiro atoms. The highest BCUT2D eigenvalue weighted by atomic mass is 15.4. The molecule has 33 heavy (non-hydrogen) atoms. The molecule has 1 unspecified atom stereocenters. The lowest BCUT2D eigenvalue weighted by Gasteiger charge is -2.46. The number of rotatable bonds is 4. The average Bonchev–Trinajstić information content (AvgIpc) is 3.17. The third kappa shape index (κ3) is 4.12. The number of piperidine rings is 1. The highest BCUT2D eigenvalue weighted by Gasteiger charge is 2.47. The van der Waals surface area contributed by atoms with Gasteiger partial charge in [0.15, 0.2) is 0 Å². The van der Waals surface area contributed by atoms with Gasteiger partial charge in [0.05, 0.1) is 23.8 Å². The molecular formula is C27H40N6. The van der Waals surface area contributed by atoms with Gasteiger partial charge in [-0.2, -0.15) is 0 Å². The number of hydrogen-bond acceptors (Lipinski definition) is 6. The Labute approximate surface area is 199 Å². The van der Waals surface area contributed by atoms with Gasteiger partial charge in [-0.3, -0.25) is 14.9 Å². The fraction of sp³-hybridized carbons (Fsp3) is 0.630. The fourth-order valence-electron chi connectivity index (χ4n) is 6.29. The van der Waals surface area contributed by atoms with E-state index in [0.29, 0.717) is 18.0 Å². The summed E-state index contributed by atoms with van der Waals surface area (Å²) in [6.45, 7) is 12.3. The van der Waals surface area contributed by atoms with Gasteiger partial charge in [0, 0.05) is 38.4 Å². The molecule has 5 heterocycles. The van der Waals surface area contributed by atoms with E-state index in [-0.39, 0.29) is 5.54 Å². The molecule has 4 aliphatic heterocycles. The van der Waals surface area contributed by atoms with Crippen LogP contribution in [0.2, 0.25) is 0 Å². The highest BCUT2D eigenvalue weighted by molar-refractivity contribution is 5.97. The van der Waals surface area contributed by atoms with Gasteiger partial charge in [-0.25, -0.2) is 0 Å². The van der Waals surface area contributed by atoms with Crippen LogP contribution in [0.25, 0.3) is 0 Å². The summed E-state index contributed by atoms with van der Waals surface area (Å²) in [5.74, 6) is 2.94. The molecule has 2 fully saturated rings. The van der Waals surface area contributed by atoms with E-state index >= 15 is 0 Å². The second-order valence-corrected chi connectivity index (χ2v) is 10.8. The number of likely N-dealkylation sites (tertiary alicyclic amines) is 1. The molecule has 1 aromatic rings. The molecule has 0 bridgehead atoms. The molecule has 0 amide bonds. The van der Waals surface area contributed by atoms with Crippen molar-refractivity contribution in [1.82, 2.24) is 24.6 Å². The minimum Gasteiger partial charge on any atom is -0.355 e. The quantitative estimate of drug-likeness (QED) is 0.699. The number of nitrogens with zero attached hydrogens (tertiary/aromatic N) is 6. The van der Waals surface area contributed by atoms with E-state index in [1.165, 1.54) is 36.3 Å². The molecular weight excluding hydrogens is 408 g/mol. The first-order valence-corrected chi connectivity index (χ1v) is 12.7. The van der Waals surface area contributed by atoms with Crippen LogP contribution in [0, 0.1) is 0 Å². The predicted molar refractivity (Wildman–Crippen MR) is 135 cm³/mol. The van der Waals surface area contributed by atoms with E-state index in [0.717, 1.165) is 38.6 Å². The van der Waals surface area contributed by atoms with E-state index in [1.807, 2.05) is 6.20 Å². The average molecular weight is 449 g/mol. The van der Waals surface area contributed by atoms with E-state index < -0.39 is 0 Å². The third-order valence-corrected chi connectivity index (χ3v) is 8.18. The number of allylic oxidation sites excluding steroid dienone is 2. The van der Waals surface area contributed by atoms with Crippen molar-refractivity contribution in [2.45, 2.75) is 63.6 Å². The van der Waals surface area contributed by atoms with Crippen LogP contribution >= 0.6 is 0 Å². The standard InChI is InChI=1S/C27H40N6/c1-20(2)21-9-8-14-28-26(21)22-10-6-11-23(31(22)5)27(3)19-33-24(29-27)12-7-13-25(33)32-17-15-30(4)16-18-32/h7-9,12-14,20,22-23H,6,10-11,15-19H2,1-5H3/t22-,23+,27?/m0/s1. The number of aromatic nitrogens is 1. The maximum atomic E-state index is 5.38. The van der Waals surface area contributed by atoms with E-state index in [9.17, 15) is 0 Å². The summed E-state index contributed by atoms with van der Waals surface area (Å²) in [5, 5.41) is 0. The Kier molecular flexibility index (Phi) is 6.08. The molecule has 0 saturated carbocycles. The van der Waals surface area contributed by atoms with Crippen LogP contribution in [0.3, 0.4) is 0 Å². The van der Waals surface area contributed by atoms with E-state index in [2.05, 4.69) is 84.8 Å². The summed E-state index contributed by atoms with van der Waals surface area (Å²) in [5.41, 5.74) is 2.53. The maximum absolute atomic E-state index is 5.38. The summed E-state index contributed by atoms with van der Waals surface area (Å²) in [7, 11) is 4.52. The van der Waals surface area contributed by atoms with Crippen molar-refractivity contribution >= 4 is 5.84 Å². The van der Waals surface area contributed by atoms with Crippen LogP contribution in [0.15, 0.2) is 47.4 Å². The van der Waals surface area contributed by atoms with Gasteiger partial charge < -0.3 is 14.7 Å². The minimum atomic E-state index is -0.129. The summed E-state index contributed by atoms with van der Waals surface area (Å²) in [4.78, 5) is 20.3. The molecule has 6 nitrogen and oxygen atoms in total. The Morgan fingerprint density at radius 3 is 2.64 bits per heavy atom.